The summed E-state index contributed by atoms with van der Waals surface area (Å²) >= 11 is 0. The van der Waals surface area contributed by atoms with Gasteiger partial charge in [-0.15, -0.1) is 0 Å². The molecular weight excluding hydrogens is 268 g/mol. The maximum absolute atomic E-state index is 12.1. The largest absolute Gasteiger partial charge is 0.481 e. The zero-order valence-corrected chi connectivity index (χ0v) is 14.0. The second-order valence-corrected chi connectivity index (χ2v) is 7.73. The van der Waals surface area contributed by atoms with Crippen molar-refractivity contribution in [2.75, 3.05) is 6.54 Å². The molecule has 5 nitrogen and oxygen atoms in total. The molecule has 1 saturated carbocycles. The van der Waals surface area contributed by atoms with Gasteiger partial charge in [0.1, 0.15) is 0 Å². The van der Waals surface area contributed by atoms with Crippen LogP contribution in [-0.2, 0) is 4.79 Å². The van der Waals surface area contributed by atoms with Gasteiger partial charge in [-0.05, 0) is 46.0 Å². The molecule has 0 bridgehead atoms. The van der Waals surface area contributed by atoms with E-state index in [1.807, 2.05) is 0 Å². The number of carbonyl (C=O) groups excluding carboxylic acids is 1. The van der Waals surface area contributed by atoms with Crippen molar-refractivity contribution in [2.24, 2.45) is 10.8 Å². The Balaban J connectivity index is 2.55. The van der Waals surface area contributed by atoms with E-state index in [1.165, 1.54) is 19.3 Å². The Morgan fingerprint density at radius 2 is 1.62 bits per heavy atom. The number of nitrogens with one attached hydrogen (secondary N) is 2. The van der Waals surface area contributed by atoms with Gasteiger partial charge in [-0.25, -0.2) is 4.79 Å². The van der Waals surface area contributed by atoms with Crippen molar-refractivity contribution in [3.63, 3.8) is 0 Å². The molecule has 0 radical (unpaired) electrons. The molecule has 1 fully saturated rings. The van der Waals surface area contributed by atoms with Gasteiger partial charge in [0.15, 0.2) is 0 Å². The predicted molar refractivity (Wildman–Crippen MR) is 83.2 cm³/mol. The molecule has 1 rings (SSSR count). The normalized spacial score (nSPS) is 18.9. The Hall–Kier alpha value is -1.26. The molecule has 0 aliphatic heterocycles. The first-order chi connectivity index (χ1) is 9.50. The van der Waals surface area contributed by atoms with Crippen LogP contribution in [0.3, 0.4) is 0 Å². The third-order valence-corrected chi connectivity index (χ3v) is 5.26. The van der Waals surface area contributed by atoms with Crippen LogP contribution in [0.4, 0.5) is 4.79 Å². The van der Waals surface area contributed by atoms with Gasteiger partial charge in [-0.2, -0.15) is 0 Å². The molecule has 1 aliphatic rings. The minimum atomic E-state index is -1.04. The Kier molecular flexibility index (Phi) is 5.29. The van der Waals surface area contributed by atoms with Crippen molar-refractivity contribution < 1.29 is 14.7 Å². The molecule has 0 atom stereocenters. The monoisotopic (exact) mass is 298 g/mol. The smallest absolute Gasteiger partial charge is 0.315 e. The first kappa shape index (κ1) is 17.8. The SMILES string of the molecule is CC1(CNC(=O)NC(C)(C)C(C)(C)C(=O)O)CCCCC1. The number of rotatable bonds is 5. The molecule has 1 aliphatic carbocycles. The van der Waals surface area contributed by atoms with Crippen molar-refractivity contribution in [3.05, 3.63) is 0 Å². The molecule has 0 aromatic heterocycles. The summed E-state index contributed by atoms with van der Waals surface area (Å²) in [5.41, 5.74) is -1.71. The van der Waals surface area contributed by atoms with Gasteiger partial charge in [0.05, 0.1) is 11.0 Å². The Morgan fingerprint density at radius 1 is 1.10 bits per heavy atom. The van der Waals surface area contributed by atoms with Crippen LogP contribution < -0.4 is 10.6 Å². The van der Waals surface area contributed by atoms with Gasteiger partial charge in [0.25, 0.3) is 0 Å². The average molecular weight is 298 g/mol. The number of amides is 2. The first-order valence-electron chi connectivity index (χ1n) is 7.80. The molecule has 21 heavy (non-hydrogen) atoms. The highest BCUT2D eigenvalue weighted by Crippen LogP contribution is 2.35. The topological polar surface area (TPSA) is 78.4 Å². The van der Waals surface area contributed by atoms with Crippen molar-refractivity contribution in [1.82, 2.24) is 10.6 Å². The van der Waals surface area contributed by atoms with Crippen LogP contribution >= 0.6 is 0 Å². The van der Waals surface area contributed by atoms with E-state index >= 15 is 0 Å². The summed E-state index contributed by atoms with van der Waals surface area (Å²) in [7, 11) is 0. The summed E-state index contributed by atoms with van der Waals surface area (Å²) in [5, 5.41) is 15.0. The standard InChI is InChI=1S/C16H30N2O3/c1-14(2,12(19)20)15(3,4)18-13(21)17-11-16(5)9-7-6-8-10-16/h6-11H2,1-5H3,(H,19,20)(H2,17,18,21). The maximum atomic E-state index is 12.1. The predicted octanol–water partition coefficient (Wildman–Crippen LogP) is 3.15. The molecule has 0 heterocycles. The van der Waals surface area contributed by atoms with Gasteiger partial charge in [-0.3, -0.25) is 4.79 Å². The quantitative estimate of drug-likeness (QED) is 0.729. The second kappa shape index (κ2) is 6.24. The third kappa shape index (κ3) is 4.35. The lowest BCUT2D eigenvalue weighted by atomic mass is 9.74. The molecule has 0 saturated heterocycles. The van der Waals surface area contributed by atoms with Gasteiger partial charge >= 0.3 is 12.0 Å². The fourth-order valence-corrected chi connectivity index (χ4v) is 2.63. The molecule has 2 amide bonds. The molecule has 0 spiro atoms. The van der Waals surface area contributed by atoms with Crippen LogP contribution in [0.15, 0.2) is 0 Å². The zero-order valence-electron chi connectivity index (χ0n) is 14.0. The average Bonchev–Trinajstić information content (AvgIpc) is 2.36. The van der Waals surface area contributed by atoms with Crippen LogP contribution in [0.5, 0.6) is 0 Å². The molecule has 0 aromatic rings. The van der Waals surface area contributed by atoms with E-state index < -0.39 is 16.9 Å². The van der Waals surface area contributed by atoms with Crippen LogP contribution in [-0.4, -0.2) is 29.2 Å². The molecule has 122 valence electrons. The fraction of sp³-hybridized carbons (Fsp3) is 0.875. The second-order valence-electron chi connectivity index (χ2n) is 7.73. The summed E-state index contributed by atoms with van der Waals surface area (Å²) in [6.45, 7) is 9.57. The molecule has 3 N–H and O–H groups in total. The van der Waals surface area contributed by atoms with E-state index in [0.717, 1.165) is 12.8 Å². The van der Waals surface area contributed by atoms with E-state index in [1.54, 1.807) is 27.7 Å². The molecule has 0 unspecified atom stereocenters. The van der Waals surface area contributed by atoms with Crippen molar-refractivity contribution in [3.8, 4) is 0 Å². The number of aliphatic carboxylic acids is 1. The summed E-state index contributed by atoms with van der Waals surface area (Å²) in [5.74, 6) is -0.924. The summed E-state index contributed by atoms with van der Waals surface area (Å²) < 4.78 is 0. The summed E-state index contributed by atoms with van der Waals surface area (Å²) in [6.07, 6.45) is 5.99. The minimum Gasteiger partial charge on any atom is -0.481 e. The molecular formula is C16H30N2O3. The Labute approximate surface area is 127 Å². The summed E-state index contributed by atoms with van der Waals surface area (Å²) in [4.78, 5) is 23.4. The van der Waals surface area contributed by atoms with E-state index in [-0.39, 0.29) is 11.4 Å². The van der Waals surface area contributed by atoms with Gasteiger partial charge in [-0.1, -0.05) is 26.2 Å². The number of urea groups is 1. The van der Waals surface area contributed by atoms with Crippen molar-refractivity contribution in [1.29, 1.82) is 0 Å². The number of carbonyl (C=O) groups is 2. The number of hydrogen-bond donors (Lipinski definition) is 3. The van der Waals surface area contributed by atoms with E-state index in [9.17, 15) is 14.7 Å². The van der Waals surface area contributed by atoms with Gasteiger partial charge in [0.2, 0.25) is 0 Å². The number of carboxylic acids is 1. The first-order valence-corrected chi connectivity index (χ1v) is 7.80. The minimum absolute atomic E-state index is 0.169. The number of carboxylic acid groups (broad SMARTS) is 1. The van der Waals surface area contributed by atoms with Crippen LogP contribution in [0.1, 0.15) is 66.7 Å². The Bertz CT molecular complexity index is 396. The lowest BCUT2D eigenvalue weighted by Gasteiger charge is -2.39. The van der Waals surface area contributed by atoms with Crippen LogP contribution in [0.2, 0.25) is 0 Å². The molecule has 0 aromatic carbocycles. The van der Waals surface area contributed by atoms with E-state index in [0.29, 0.717) is 6.54 Å². The Morgan fingerprint density at radius 3 is 2.10 bits per heavy atom. The zero-order chi connectivity index (χ0) is 16.3. The van der Waals surface area contributed by atoms with Crippen molar-refractivity contribution >= 4 is 12.0 Å². The summed E-state index contributed by atoms with van der Waals surface area (Å²) in [6, 6.07) is -0.291. The number of hydrogen-bond acceptors (Lipinski definition) is 2. The van der Waals surface area contributed by atoms with E-state index in [2.05, 4.69) is 17.6 Å². The van der Waals surface area contributed by atoms with Gasteiger partial charge in [0, 0.05) is 6.54 Å². The van der Waals surface area contributed by atoms with Crippen LogP contribution in [0, 0.1) is 10.8 Å². The highest BCUT2D eigenvalue weighted by atomic mass is 16.4. The lowest BCUT2D eigenvalue weighted by Crippen LogP contribution is -2.59. The van der Waals surface area contributed by atoms with Crippen molar-refractivity contribution in [2.45, 2.75) is 72.3 Å². The van der Waals surface area contributed by atoms with Crippen LogP contribution in [0.25, 0.3) is 0 Å². The van der Waals surface area contributed by atoms with Gasteiger partial charge < -0.3 is 15.7 Å². The lowest BCUT2D eigenvalue weighted by molar-refractivity contribution is -0.150. The van der Waals surface area contributed by atoms with E-state index in [4.69, 9.17) is 0 Å². The highest BCUT2D eigenvalue weighted by Gasteiger charge is 2.44. The highest BCUT2D eigenvalue weighted by molar-refractivity contribution is 5.79. The molecule has 5 heteroatoms. The fourth-order valence-electron chi connectivity index (χ4n) is 2.63. The third-order valence-electron chi connectivity index (χ3n) is 5.26. The maximum Gasteiger partial charge on any atom is 0.315 e.